The van der Waals surface area contributed by atoms with Crippen LogP contribution < -0.4 is 56.5 Å². The molecule has 0 unspecified atom stereocenters. The standard InChI is InChI=1S/C17H32O4.K/c1-2-3-4-5-6-7-8-9-10-11-15-21-17(20)14-12-13-16(18)19;/h2-15H2,1H3,(H,18,19);/q;+1/p-1. The normalized spacial score (nSPS) is 10.0. The predicted molar refractivity (Wildman–Crippen MR) is 81.7 cm³/mol. The van der Waals surface area contributed by atoms with E-state index >= 15 is 0 Å². The Balaban J connectivity index is 0. The molecule has 0 saturated carbocycles. The van der Waals surface area contributed by atoms with Crippen LogP contribution in [0.25, 0.3) is 0 Å². The van der Waals surface area contributed by atoms with E-state index in [2.05, 4.69) is 6.92 Å². The minimum Gasteiger partial charge on any atom is -0.550 e. The van der Waals surface area contributed by atoms with Gasteiger partial charge in [-0.2, -0.15) is 0 Å². The minimum absolute atomic E-state index is 0. The van der Waals surface area contributed by atoms with Crippen LogP contribution in [-0.4, -0.2) is 18.5 Å². The van der Waals surface area contributed by atoms with Crippen LogP contribution in [-0.2, 0) is 14.3 Å². The van der Waals surface area contributed by atoms with Crippen molar-refractivity contribution in [3.63, 3.8) is 0 Å². The molecule has 0 saturated heterocycles. The molecule has 0 aromatic carbocycles. The first-order valence-corrected chi connectivity index (χ1v) is 8.52. The Hall–Kier alpha value is 0.576. The number of carboxylic acids is 1. The second-order valence-corrected chi connectivity index (χ2v) is 5.63. The second kappa shape index (κ2) is 19.6. The zero-order valence-electron chi connectivity index (χ0n) is 14.5. The fourth-order valence-electron chi connectivity index (χ4n) is 2.22. The molecule has 0 bridgehead atoms. The molecule has 0 N–H and O–H groups in total. The first-order valence-electron chi connectivity index (χ1n) is 8.52. The van der Waals surface area contributed by atoms with Gasteiger partial charge >= 0.3 is 57.4 Å². The molecule has 0 heterocycles. The quantitative estimate of drug-likeness (QED) is 0.246. The van der Waals surface area contributed by atoms with E-state index < -0.39 is 5.97 Å². The molecule has 0 atom stereocenters. The Morgan fingerprint density at radius 2 is 1.27 bits per heavy atom. The molecule has 0 spiro atoms. The van der Waals surface area contributed by atoms with E-state index in [0.29, 0.717) is 13.0 Å². The number of unbranched alkanes of at least 4 members (excludes halogenated alkanes) is 9. The summed E-state index contributed by atoms with van der Waals surface area (Å²) >= 11 is 0. The molecule has 0 aliphatic heterocycles. The molecular formula is C17H31KO4. The monoisotopic (exact) mass is 338 g/mol. The van der Waals surface area contributed by atoms with Crippen LogP contribution in [0.15, 0.2) is 0 Å². The number of carbonyl (C=O) groups is 2. The van der Waals surface area contributed by atoms with Gasteiger partial charge in [-0.25, -0.2) is 0 Å². The maximum Gasteiger partial charge on any atom is 1.00 e. The Kier molecular flexibility index (Phi) is 22.1. The Morgan fingerprint density at radius 3 is 1.77 bits per heavy atom. The second-order valence-electron chi connectivity index (χ2n) is 5.63. The zero-order valence-corrected chi connectivity index (χ0v) is 17.7. The summed E-state index contributed by atoms with van der Waals surface area (Å²) in [6.07, 6.45) is 12.9. The number of rotatable bonds is 15. The summed E-state index contributed by atoms with van der Waals surface area (Å²) in [5.74, 6) is -1.41. The molecule has 124 valence electrons. The molecule has 0 aromatic heterocycles. The largest absolute Gasteiger partial charge is 1.00 e. The van der Waals surface area contributed by atoms with E-state index in [1.54, 1.807) is 0 Å². The molecular weight excluding hydrogens is 307 g/mol. The summed E-state index contributed by atoms with van der Waals surface area (Å²) in [6, 6.07) is 0. The van der Waals surface area contributed by atoms with Crippen molar-refractivity contribution in [2.24, 2.45) is 0 Å². The van der Waals surface area contributed by atoms with Crippen molar-refractivity contribution in [2.45, 2.75) is 90.4 Å². The van der Waals surface area contributed by atoms with E-state index in [4.69, 9.17) is 4.74 Å². The molecule has 0 amide bonds. The summed E-state index contributed by atoms with van der Waals surface area (Å²) in [4.78, 5) is 21.4. The van der Waals surface area contributed by atoms with Gasteiger partial charge in [-0.05, 0) is 19.3 Å². The van der Waals surface area contributed by atoms with Gasteiger partial charge in [0, 0.05) is 12.4 Å². The molecule has 0 radical (unpaired) electrons. The smallest absolute Gasteiger partial charge is 0.550 e. The number of esters is 1. The molecule has 4 nitrogen and oxygen atoms in total. The fraction of sp³-hybridized carbons (Fsp3) is 0.882. The number of hydrogen-bond acceptors (Lipinski definition) is 4. The van der Waals surface area contributed by atoms with Gasteiger partial charge in [-0.1, -0.05) is 64.7 Å². The Bertz CT molecular complexity index is 269. The maximum atomic E-state index is 11.2. The van der Waals surface area contributed by atoms with Gasteiger partial charge in [0.25, 0.3) is 0 Å². The SMILES string of the molecule is CCCCCCCCCCCCOC(=O)CCCC(=O)[O-].[K+]. The van der Waals surface area contributed by atoms with Crippen molar-refractivity contribution in [3.05, 3.63) is 0 Å². The van der Waals surface area contributed by atoms with Gasteiger partial charge in [-0.15, -0.1) is 0 Å². The fourth-order valence-corrected chi connectivity index (χ4v) is 2.22. The molecule has 0 fully saturated rings. The molecule has 5 heteroatoms. The molecule has 0 aliphatic rings. The van der Waals surface area contributed by atoms with Crippen LogP contribution in [0.3, 0.4) is 0 Å². The molecule has 0 aliphatic carbocycles. The van der Waals surface area contributed by atoms with E-state index in [1.807, 2.05) is 0 Å². The van der Waals surface area contributed by atoms with E-state index in [0.717, 1.165) is 12.8 Å². The number of ether oxygens (including phenoxy) is 1. The van der Waals surface area contributed by atoms with Crippen molar-refractivity contribution in [2.75, 3.05) is 6.61 Å². The molecule has 22 heavy (non-hydrogen) atoms. The van der Waals surface area contributed by atoms with E-state index in [-0.39, 0.29) is 70.2 Å². The summed E-state index contributed by atoms with van der Waals surface area (Å²) < 4.78 is 5.04. The summed E-state index contributed by atoms with van der Waals surface area (Å²) in [7, 11) is 0. The average molecular weight is 339 g/mol. The third-order valence-corrected chi connectivity index (χ3v) is 3.52. The van der Waals surface area contributed by atoms with Crippen LogP contribution in [0.5, 0.6) is 0 Å². The van der Waals surface area contributed by atoms with Crippen LogP contribution in [0.4, 0.5) is 0 Å². The van der Waals surface area contributed by atoms with Crippen molar-refractivity contribution < 1.29 is 70.8 Å². The maximum absolute atomic E-state index is 11.2. The van der Waals surface area contributed by atoms with Gasteiger partial charge in [0.1, 0.15) is 0 Å². The van der Waals surface area contributed by atoms with Crippen molar-refractivity contribution >= 4 is 11.9 Å². The first kappa shape index (κ1) is 24.8. The number of carbonyl (C=O) groups excluding carboxylic acids is 2. The predicted octanol–water partition coefficient (Wildman–Crippen LogP) is 0.375. The van der Waals surface area contributed by atoms with E-state index in [1.165, 1.54) is 51.4 Å². The third-order valence-electron chi connectivity index (χ3n) is 3.52. The number of hydrogen-bond donors (Lipinski definition) is 0. The van der Waals surface area contributed by atoms with Gasteiger partial charge in [0.05, 0.1) is 6.61 Å². The first-order chi connectivity index (χ1) is 10.2. The Morgan fingerprint density at radius 1 is 0.773 bits per heavy atom. The summed E-state index contributed by atoms with van der Waals surface area (Å²) in [6.45, 7) is 2.69. The third kappa shape index (κ3) is 20.6. The summed E-state index contributed by atoms with van der Waals surface area (Å²) in [5.41, 5.74) is 0. The Labute approximate surface area is 178 Å². The van der Waals surface area contributed by atoms with Crippen LogP contribution >= 0.6 is 0 Å². The average Bonchev–Trinajstić information content (AvgIpc) is 2.44. The number of aliphatic carboxylic acids is 1. The van der Waals surface area contributed by atoms with Crippen LogP contribution in [0.2, 0.25) is 0 Å². The van der Waals surface area contributed by atoms with Crippen molar-refractivity contribution in [3.8, 4) is 0 Å². The molecule has 0 rings (SSSR count). The van der Waals surface area contributed by atoms with Gasteiger partial charge in [0.2, 0.25) is 0 Å². The van der Waals surface area contributed by atoms with Gasteiger partial charge in [-0.3, -0.25) is 4.79 Å². The van der Waals surface area contributed by atoms with Crippen LogP contribution in [0, 0.1) is 0 Å². The molecule has 0 aromatic rings. The van der Waals surface area contributed by atoms with Crippen molar-refractivity contribution in [1.82, 2.24) is 0 Å². The number of carboxylic acid groups (broad SMARTS) is 1. The van der Waals surface area contributed by atoms with Gasteiger partial charge in [0.15, 0.2) is 0 Å². The minimum atomic E-state index is -1.11. The zero-order chi connectivity index (χ0) is 15.8. The summed E-state index contributed by atoms with van der Waals surface area (Å²) in [5, 5.41) is 10.2. The van der Waals surface area contributed by atoms with Crippen molar-refractivity contribution in [1.29, 1.82) is 0 Å². The van der Waals surface area contributed by atoms with Crippen LogP contribution in [0.1, 0.15) is 90.4 Å². The van der Waals surface area contributed by atoms with E-state index in [9.17, 15) is 14.7 Å². The van der Waals surface area contributed by atoms with Gasteiger partial charge < -0.3 is 14.6 Å². The topological polar surface area (TPSA) is 66.4 Å².